The Morgan fingerprint density at radius 1 is 1.00 bits per heavy atom. The molecule has 0 amide bonds. The van der Waals surface area contributed by atoms with E-state index in [4.69, 9.17) is 33.5 Å². The standard InChI is InChI=1S/C35H38ClN5O2S/c1-21-15-22(2)20-39(19-21)31-13-12-27(18-29(31)36)41-33(32(38-35(41)44)30-11-6-7-14-37-30)28-16-23(3)40(24(28)4)26-10-8-9-25(17-26)34(42)43-5/h6-14,16-18,21-22,32-33H,15,19-20H2,1-5H3,(H,38,44)/t21-,22-,32+,33-/m1/s1. The summed E-state index contributed by atoms with van der Waals surface area (Å²) in [6.45, 7) is 10.8. The molecule has 44 heavy (non-hydrogen) atoms. The molecule has 4 aromatic rings. The number of nitrogens with one attached hydrogen (secondary N) is 1. The van der Waals surface area contributed by atoms with Crippen LogP contribution in [0.1, 0.15) is 65.4 Å². The van der Waals surface area contributed by atoms with E-state index in [1.54, 1.807) is 6.07 Å². The number of pyridine rings is 1. The van der Waals surface area contributed by atoms with Crippen LogP contribution < -0.4 is 15.1 Å². The first kappa shape index (κ1) is 30.2. The van der Waals surface area contributed by atoms with E-state index in [0.29, 0.717) is 22.5 Å². The molecule has 228 valence electrons. The second kappa shape index (κ2) is 12.3. The van der Waals surface area contributed by atoms with Crippen molar-refractivity contribution >= 4 is 46.3 Å². The quantitative estimate of drug-likeness (QED) is 0.175. The molecule has 4 heterocycles. The van der Waals surface area contributed by atoms with Gasteiger partial charge in [-0.05, 0) is 104 Å². The highest BCUT2D eigenvalue weighted by Crippen LogP contribution is 2.45. The van der Waals surface area contributed by atoms with Crippen LogP contribution in [-0.2, 0) is 4.74 Å². The molecule has 2 aromatic carbocycles. The number of aryl methyl sites for hydroxylation is 1. The normalized spacial score (nSPS) is 21.8. The number of thiocarbonyl (C=S) groups is 1. The third kappa shape index (κ3) is 5.57. The summed E-state index contributed by atoms with van der Waals surface area (Å²) in [6, 6.07) is 21.6. The molecule has 0 radical (unpaired) electrons. The maximum absolute atomic E-state index is 12.3. The predicted molar refractivity (Wildman–Crippen MR) is 181 cm³/mol. The fourth-order valence-corrected chi connectivity index (χ4v) is 7.73. The Morgan fingerprint density at radius 3 is 2.45 bits per heavy atom. The fourth-order valence-electron chi connectivity index (χ4n) is 7.08. The minimum absolute atomic E-state index is 0.193. The molecule has 0 spiro atoms. The van der Waals surface area contributed by atoms with E-state index < -0.39 is 0 Å². The van der Waals surface area contributed by atoms with Gasteiger partial charge in [-0.2, -0.15) is 0 Å². The molecule has 0 bridgehead atoms. The second-order valence-electron chi connectivity index (χ2n) is 12.2. The first-order valence-electron chi connectivity index (χ1n) is 15.1. The van der Waals surface area contributed by atoms with Gasteiger partial charge in [0.15, 0.2) is 5.11 Å². The Balaban J connectivity index is 1.44. The van der Waals surface area contributed by atoms with E-state index in [-0.39, 0.29) is 18.1 Å². The Hall–Kier alpha value is -3.88. The number of piperidine rings is 1. The van der Waals surface area contributed by atoms with Crippen molar-refractivity contribution in [3.05, 3.63) is 106 Å². The summed E-state index contributed by atoms with van der Waals surface area (Å²) >= 11 is 13.1. The summed E-state index contributed by atoms with van der Waals surface area (Å²) in [5.74, 6) is 0.879. The highest BCUT2D eigenvalue weighted by molar-refractivity contribution is 7.80. The van der Waals surface area contributed by atoms with Gasteiger partial charge in [-0.15, -0.1) is 0 Å². The van der Waals surface area contributed by atoms with Crippen LogP contribution in [0.4, 0.5) is 11.4 Å². The van der Waals surface area contributed by atoms with Crippen LogP contribution in [0, 0.1) is 25.7 Å². The van der Waals surface area contributed by atoms with E-state index in [9.17, 15) is 4.79 Å². The molecular formula is C35H38ClN5O2S. The molecule has 2 aliphatic heterocycles. The van der Waals surface area contributed by atoms with Crippen molar-refractivity contribution < 1.29 is 9.53 Å². The number of carbonyl (C=O) groups excluding carboxylic acids is 1. The highest BCUT2D eigenvalue weighted by Gasteiger charge is 2.42. The van der Waals surface area contributed by atoms with Gasteiger partial charge in [-0.25, -0.2) is 4.79 Å². The molecule has 4 atom stereocenters. The summed E-state index contributed by atoms with van der Waals surface area (Å²) < 4.78 is 7.15. The zero-order valence-electron chi connectivity index (χ0n) is 25.8. The third-order valence-electron chi connectivity index (χ3n) is 8.83. The molecular weight excluding hydrogens is 590 g/mol. The third-order valence-corrected chi connectivity index (χ3v) is 9.45. The van der Waals surface area contributed by atoms with Gasteiger partial charge >= 0.3 is 5.97 Å². The molecule has 7 nitrogen and oxygen atoms in total. The van der Waals surface area contributed by atoms with Crippen LogP contribution in [0.2, 0.25) is 5.02 Å². The van der Waals surface area contributed by atoms with Crippen molar-refractivity contribution in [2.45, 2.75) is 46.2 Å². The Labute approximate surface area is 269 Å². The van der Waals surface area contributed by atoms with Gasteiger partial charge in [-0.1, -0.05) is 37.6 Å². The SMILES string of the molecule is COC(=O)c1cccc(-n2c(C)cc([C@@H]3[C@H](c4ccccn4)NC(=S)N3c3ccc(N4C[C@H](C)C[C@@H](C)C4)c(Cl)c3)c2C)c1. The number of halogens is 1. The van der Waals surface area contributed by atoms with E-state index in [1.807, 2.05) is 48.7 Å². The lowest BCUT2D eigenvalue weighted by atomic mass is 9.91. The Bertz CT molecular complexity index is 1700. The molecule has 2 aromatic heterocycles. The van der Waals surface area contributed by atoms with Crippen LogP contribution in [0.5, 0.6) is 0 Å². The average Bonchev–Trinajstić information content (AvgIpc) is 3.51. The lowest BCUT2D eigenvalue weighted by molar-refractivity contribution is 0.0600. The van der Waals surface area contributed by atoms with Crippen molar-refractivity contribution in [1.82, 2.24) is 14.9 Å². The number of hydrogen-bond donors (Lipinski definition) is 1. The van der Waals surface area contributed by atoms with Crippen molar-refractivity contribution in [2.75, 3.05) is 30.0 Å². The number of hydrogen-bond acceptors (Lipinski definition) is 5. The number of aromatic nitrogens is 2. The Kier molecular flexibility index (Phi) is 8.40. The zero-order chi connectivity index (χ0) is 31.1. The van der Waals surface area contributed by atoms with Gasteiger partial charge in [0, 0.05) is 42.0 Å². The van der Waals surface area contributed by atoms with Crippen molar-refractivity contribution in [2.24, 2.45) is 11.8 Å². The van der Waals surface area contributed by atoms with Crippen LogP contribution in [0.25, 0.3) is 5.69 Å². The number of anilines is 2. The zero-order valence-corrected chi connectivity index (χ0v) is 27.3. The first-order chi connectivity index (χ1) is 21.2. The lowest BCUT2D eigenvalue weighted by Crippen LogP contribution is -2.38. The summed E-state index contributed by atoms with van der Waals surface area (Å²) in [5.41, 5.74) is 7.48. The molecule has 0 saturated carbocycles. The molecule has 2 fully saturated rings. The number of ether oxygens (including phenoxy) is 1. The van der Waals surface area contributed by atoms with Crippen molar-refractivity contribution in [1.29, 1.82) is 0 Å². The average molecular weight is 628 g/mol. The monoisotopic (exact) mass is 627 g/mol. The van der Waals surface area contributed by atoms with Crippen LogP contribution in [0.15, 0.2) is 72.9 Å². The molecule has 0 aliphatic carbocycles. The summed E-state index contributed by atoms with van der Waals surface area (Å²) in [7, 11) is 1.40. The number of esters is 1. The van der Waals surface area contributed by atoms with Gasteiger partial charge in [0.25, 0.3) is 0 Å². The van der Waals surface area contributed by atoms with Crippen LogP contribution >= 0.6 is 23.8 Å². The lowest BCUT2D eigenvalue weighted by Gasteiger charge is -2.37. The van der Waals surface area contributed by atoms with Gasteiger partial charge in [0.05, 0.1) is 41.2 Å². The number of methoxy groups -OCH3 is 1. The number of nitrogens with zero attached hydrogens (tertiary/aromatic N) is 4. The summed E-state index contributed by atoms with van der Waals surface area (Å²) in [6.07, 6.45) is 3.05. The van der Waals surface area contributed by atoms with Crippen molar-refractivity contribution in [3.63, 3.8) is 0 Å². The van der Waals surface area contributed by atoms with E-state index in [0.717, 1.165) is 57.8 Å². The Morgan fingerprint density at radius 2 is 1.77 bits per heavy atom. The maximum Gasteiger partial charge on any atom is 0.337 e. The molecule has 2 aliphatic rings. The topological polar surface area (TPSA) is 62.6 Å². The molecule has 6 rings (SSSR count). The summed E-state index contributed by atoms with van der Waals surface area (Å²) in [5, 5.41) is 4.91. The molecule has 2 saturated heterocycles. The van der Waals surface area contributed by atoms with Gasteiger partial charge in [0.2, 0.25) is 0 Å². The predicted octanol–water partition coefficient (Wildman–Crippen LogP) is 7.59. The van der Waals surface area contributed by atoms with Crippen LogP contribution in [0.3, 0.4) is 0 Å². The second-order valence-corrected chi connectivity index (χ2v) is 13.0. The first-order valence-corrected chi connectivity index (χ1v) is 15.9. The minimum atomic E-state index is -0.366. The minimum Gasteiger partial charge on any atom is -0.465 e. The molecule has 9 heteroatoms. The molecule has 1 N–H and O–H groups in total. The van der Waals surface area contributed by atoms with Crippen LogP contribution in [-0.4, -0.2) is 40.8 Å². The smallest absolute Gasteiger partial charge is 0.337 e. The van der Waals surface area contributed by atoms with E-state index in [2.05, 4.69) is 65.6 Å². The number of rotatable bonds is 6. The van der Waals surface area contributed by atoms with Crippen molar-refractivity contribution in [3.8, 4) is 5.69 Å². The largest absolute Gasteiger partial charge is 0.465 e. The van der Waals surface area contributed by atoms with Gasteiger partial charge < -0.3 is 24.4 Å². The summed E-state index contributed by atoms with van der Waals surface area (Å²) in [4.78, 5) is 21.6. The molecule has 0 unspecified atom stereocenters. The maximum atomic E-state index is 12.3. The number of benzene rings is 2. The highest BCUT2D eigenvalue weighted by atomic mass is 35.5. The van der Waals surface area contributed by atoms with E-state index >= 15 is 0 Å². The van der Waals surface area contributed by atoms with Gasteiger partial charge in [0.1, 0.15) is 0 Å². The number of carbonyl (C=O) groups is 1. The van der Waals surface area contributed by atoms with Gasteiger partial charge in [-0.3, -0.25) is 4.98 Å². The van der Waals surface area contributed by atoms with E-state index in [1.165, 1.54) is 13.5 Å². The fraction of sp³-hybridized carbons (Fsp3) is 0.343.